The van der Waals surface area contributed by atoms with E-state index < -0.39 is 11.8 Å². The maximum atomic E-state index is 13.7. The number of hydrogen-bond donors (Lipinski definition) is 2. The molecule has 3 rings (SSSR count). The molecule has 1 aliphatic carbocycles. The number of benzene rings is 1. The van der Waals surface area contributed by atoms with Gasteiger partial charge in [0, 0.05) is 30.8 Å². The third-order valence-electron chi connectivity index (χ3n) is 4.21. The van der Waals surface area contributed by atoms with Crippen LogP contribution in [0, 0.1) is 5.82 Å². The van der Waals surface area contributed by atoms with E-state index in [0.717, 1.165) is 19.3 Å². The van der Waals surface area contributed by atoms with Crippen molar-refractivity contribution in [2.45, 2.75) is 31.4 Å². The topological polar surface area (TPSA) is 71.5 Å². The first-order chi connectivity index (χ1) is 11.0. The maximum absolute atomic E-state index is 13.7. The molecule has 0 saturated heterocycles. The molecule has 0 aliphatic heterocycles. The number of carbonyl (C=O) groups is 1. The molecule has 1 aromatic heterocycles. The number of nitrogens with one attached hydrogen (secondary N) is 1. The van der Waals surface area contributed by atoms with E-state index >= 15 is 0 Å². The van der Waals surface area contributed by atoms with Crippen molar-refractivity contribution in [2.75, 3.05) is 12.4 Å². The summed E-state index contributed by atoms with van der Waals surface area (Å²) in [5, 5.41) is 13.3. The zero-order valence-electron chi connectivity index (χ0n) is 12.5. The van der Waals surface area contributed by atoms with Crippen LogP contribution in [0.1, 0.15) is 29.6 Å². The highest BCUT2D eigenvalue weighted by molar-refractivity contribution is 9.10. The molecule has 0 spiro atoms. The van der Waals surface area contributed by atoms with Gasteiger partial charge in [0.25, 0.3) is 0 Å². The molecule has 2 N–H and O–H groups in total. The van der Waals surface area contributed by atoms with Crippen molar-refractivity contribution in [1.29, 1.82) is 0 Å². The number of nitrogens with zero attached hydrogens (tertiary/aromatic N) is 1. The third kappa shape index (κ3) is 3.16. The minimum Gasteiger partial charge on any atom is -0.478 e. The number of methoxy groups -OCH3 is 1. The SMILES string of the molecule is CO[C@@H]1CC[C@@H](Nc2c(C(=O)O)cnc3cc(F)c(Br)cc23)C1. The van der Waals surface area contributed by atoms with Crippen molar-refractivity contribution >= 4 is 38.5 Å². The molecule has 0 bridgehead atoms. The number of fused-ring (bicyclic) bond motifs is 1. The van der Waals surface area contributed by atoms with E-state index in [2.05, 4.69) is 26.2 Å². The van der Waals surface area contributed by atoms with Crippen molar-refractivity contribution in [2.24, 2.45) is 0 Å². The molecule has 1 aliphatic rings. The van der Waals surface area contributed by atoms with Gasteiger partial charge >= 0.3 is 5.97 Å². The van der Waals surface area contributed by atoms with E-state index in [0.29, 0.717) is 16.6 Å². The molecule has 0 amide bonds. The summed E-state index contributed by atoms with van der Waals surface area (Å²) in [6.45, 7) is 0. The second-order valence-corrected chi connectivity index (χ2v) is 6.50. The minimum atomic E-state index is -1.07. The summed E-state index contributed by atoms with van der Waals surface area (Å²) in [5.74, 6) is -1.50. The van der Waals surface area contributed by atoms with Gasteiger partial charge in [0.15, 0.2) is 0 Å². The Morgan fingerprint density at radius 2 is 2.26 bits per heavy atom. The predicted molar refractivity (Wildman–Crippen MR) is 88.4 cm³/mol. The molecule has 122 valence electrons. The highest BCUT2D eigenvalue weighted by atomic mass is 79.9. The number of anilines is 1. The van der Waals surface area contributed by atoms with E-state index in [4.69, 9.17) is 4.74 Å². The number of ether oxygens (including phenoxy) is 1. The fourth-order valence-corrected chi connectivity index (χ4v) is 3.34. The van der Waals surface area contributed by atoms with E-state index in [9.17, 15) is 14.3 Å². The maximum Gasteiger partial charge on any atom is 0.339 e. The predicted octanol–water partition coefficient (Wildman–Crippen LogP) is 3.81. The van der Waals surface area contributed by atoms with Gasteiger partial charge in [-0.2, -0.15) is 0 Å². The lowest BCUT2D eigenvalue weighted by Crippen LogP contribution is -2.19. The Morgan fingerprint density at radius 3 is 2.91 bits per heavy atom. The summed E-state index contributed by atoms with van der Waals surface area (Å²) in [6, 6.07) is 2.98. The van der Waals surface area contributed by atoms with Crippen LogP contribution >= 0.6 is 15.9 Å². The van der Waals surface area contributed by atoms with Gasteiger partial charge in [0.2, 0.25) is 0 Å². The number of carboxylic acids is 1. The molecule has 2 atom stereocenters. The molecule has 5 nitrogen and oxygen atoms in total. The Hall–Kier alpha value is -1.73. The molecule has 2 aromatic rings. The van der Waals surface area contributed by atoms with Crippen molar-refractivity contribution in [3.63, 3.8) is 0 Å². The fraction of sp³-hybridized carbons (Fsp3) is 0.375. The lowest BCUT2D eigenvalue weighted by molar-refractivity contribution is 0.0697. The van der Waals surface area contributed by atoms with Gasteiger partial charge in [-0.1, -0.05) is 0 Å². The lowest BCUT2D eigenvalue weighted by atomic mass is 10.1. The lowest BCUT2D eigenvalue weighted by Gasteiger charge is -2.18. The van der Waals surface area contributed by atoms with E-state index in [1.807, 2.05) is 0 Å². The average molecular weight is 383 g/mol. The Kier molecular flexibility index (Phi) is 4.50. The molecule has 1 aromatic carbocycles. The summed E-state index contributed by atoms with van der Waals surface area (Å²) in [4.78, 5) is 15.6. The second kappa shape index (κ2) is 6.41. The van der Waals surface area contributed by atoms with Gasteiger partial charge in [0.05, 0.1) is 21.8 Å². The van der Waals surface area contributed by atoms with Crippen LogP contribution in [0.3, 0.4) is 0 Å². The number of hydrogen-bond acceptors (Lipinski definition) is 4. The van der Waals surface area contributed by atoms with E-state index in [-0.39, 0.29) is 22.2 Å². The average Bonchev–Trinajstić information content (AvgIpc) is 2.96. The number of rotatable bonds is 4. The normalized spacial score (nSPS) is 20.8. The van der Waals surface area contributed by atoms with Crippen molar-refractivity contribution in [1.82, 2.24) is 4.98 Å². The molecule has 0 radical (unpaired) electrons. The number of aromatic nitrogens is 1. The Morgan fingerprint density at radius 1 is 1.48 bits per heavy atom. The molecular formula is C16H16BrFN2O3. The van der Waals surface area contributed by atoms with E-state index in [1.165, 1.54) is 12.3 Å². The van der Waals surface area contributed by atoms with Crippen LogP contribution in [0.25, 0.3) is 10.9 Å². The largest absolute Gasteiger partial charge is 0.478 e. The smallest absolute Gasteiger partial charge is 0.339 e. The van der Waals surface area contributed by atoms with Gasteiger partial charge in [-0.3, -0.25) is 4.98 Å². The molecule has 23 heavy (non-hydrogen) atoms. The van der Waals surface area contributed by atoms with Gasteiger partial charge in [-0.05, 0) is 41.3 Å². The fourth-order valence-electron chi connectivity index (χ4n) is 2.99. The Labute approximate surface area is 141 Å². The third-order valence-corrected chi connectivity index (χ3v) is 4.81. The van der Waals surface area contributed by atoms with Crippen molar-refractivity contribution < 1.29 is 19.0 Å². The summed E-state index contributed by atoms with van der Waals surface area (Å²) in [5.41, 5.74) is 0.973. The summed E-state index contributed by atoms with van der Waals surface area (Å²) in [7, 11) is 1.68. The number of pyridine rings is 1. The highest BCUT2D eigenvalue weighted by Crippen LogP contribution is 2.33. The van der Waals surface area contributed by atoms with Crippen molar-refractivity contribution in [3.05, 3.63) is 34.2 Å². The molecule has 1 heterocycles. The first-order valence-electron chi connectivity index (χ1n) is 7.30. The van der Waals surface area contributed by atoms with Crippen LogP contribution < -0.4 is 5.32 Å². The van der Waals surface area contributed by atoms with Crippen LogP contribution in [0.2, 0.25) is 0 Å². The monoisotopic (exact) mass is 382 g/mol. The quantitative estimate of drug-likeness (QED) is 0.840. The number of halogens is 2. The number of carboxylic acid groups (broad SMARTS) is 1. The summed E-state index contributed by atoms with van der Waals surface area (Å²) >= 11 is 3.15. The molecule has 0 unspecified atom stereocenters. The van der Waals surface area contributed by atoms with Gasteiger partial charge in [0.1, 0.15) is 11.4 Å². The van der Waals surface area contributed by atoms with Crippen LogP contribution in [-0.4, -0.2) is 35.3 Å². The first-order valence-corrected chi connectivity index (χ1v) is 8.09. The number of aromatic carboxylic acids is 1. The minimum absolute atomic E-state index is 0.0804. The Bertz CT molecular complexity index is 769. The van der Waals surface area contributed by atoms with Gasteiger partial charge < -0.3 is 15.2 Å². The van der Waals surface area contributed by atoms with Gasteiger partial charge in [-0.15, -0.1) is 0 Å². The first kappa shape index (κ1) is 16.1. The van der Waals surface area contributed by atoms with Gasteiger partial charge in [-0.25, -0.2) is 9.18 Å². The van der Waals surface area contributed by atoms with Crippen LogP contribution in [0.4, 0.5) is 10.1 Å². The molecular weight excluding hydrogens is 367 g/mol. The molecule has 7 heteroatoms. The molecule has 1 fully saturated rings. The van der Waals surface area contributed by atoms with Crippen LogP contribution in [0.15, 0.2) is 22.8 Å². The van der Waals surface area contributed by atoms with Crippen LogP contribution in [0.5, 0.6) is 0 Å². The zero-order chi connectivity index (χ0) is 16.6. The van der Waals surface area contributed by atoms with Crippen molar-refractivity contribution in [3.8, 4) is 0 Å². The summed E-state index contributed by atoms with van der Waals surface area (Å²) < 4.78 is 19.3. The van der Waals surface area contributed by atoms with Crippen LogP contribution in [-0.2, 0) is 4.74 Å². The zero-order valence-corrected chi connectivity index (χ0v) is 14.1. The van der Waals surface area contributed by atoms with E-state index in [1.54, 1.807) is 13.2 Å². The standard InChI is InChI=1S/C16H16BrFN2O3/c1-23-9-3-2-8(4-9)20-15-10-5-12(17)13(18)6-14(10)19-7-11(15)16(21)22/h5-9H,2-4H2,1H3,(H,19,20)(H,21,22)/t8-,9-/m1/s1. The highest BCUT2D eigenvalue weighted by Gasteiger charge is 2.26. The second-order valence-electron chi connectivity index (χ2n) is 5.65. The summed E-state index contributed by atoms with van der Waals surface area (Å²) in [6.07, 6.45) is 4.07. The Balaban J connectivity index is 2.06. The molecule has 1 saturated carbocycles.